The summed E-state index contributed by atoms with van der Waals surface area (Å²) in [6.07, 6.45) is 5.86. The van der Waals surface area contributed by atoms with Crippen LogP contribution in [0.4, 0.5) is 0 Å². The fourth-order valence-electron chi connectivity index (χ4n) is 3.74. The highest BCUT2D eigenvalue weighted by atomic mass is 35.5. The molecule has 1 aromatic carbocycles. The summed E-state index contributed by atoms with van der Waals surface area (Å²) >= 11 is 12.0. The number of fused-ring (bicyclic) bond motifs is 2. The molecule has 1 nitrogen and oxygen atoms in total. The van der Waals surface area contributed by atoms with Crippen molar-refractivity contribution in [2.45, 2.75) is 32.2 Å². The maximum absolute atomic E-state index is 6.00. The molecule has 0 aliphatic heterocycles. The summed E-state index contributed by atoms with van der Waals surface area (Å²) in [7, 11) is 0. The van der Waals surface area contributed by atoms with Crippen LogP contribution in [0.3, 0.4) is 0 Å². The lowest BCUT2D eigenvalue weighted by Gasteiger charge is -2.22. The van der Waals surface area contributed by atoms with Crippen molar-refractivity contribution in [2.75, 3.05) is 6.54 Å². The van der Waals surface area contributed by atoms with E-state index in [1.165, 1.54) is 31.2 Å². The van der Waals surface area contributed by atoms with Gasteiger partial charge in [-0.05, 0) is 67.3 Å². The van der Waals surface area contributed by atoms with Gasteiger partial charge in [-0.2, -0.15) is 0 Å². The topological polar surface area (TPSA) is 12.0 Å². The molecule has 2 saturated carbocycles. The number of halogens is 2. The lowest BCUT2D eigenvalue weighted by atomic mass is 9.89. The molecule has 0 heterocycles. The van der Waals surface area contributed by atoms with Crippen LogP contribution in [0.1, 0.15) is 31.2 Å². The van der Waals surface area contributed by atoms with Gasteiger partial charge in [-0.15, -0.1) is 0 Å². The monoisotopic (exact) mass is 283 g/mol. The van der Waals surface area contributed by atoms with Crippen LogP contribution in [0, 0.1) is 17.8 Å². The van der Waals surface area contributed by atoms with Gasteiger partial charge < -0.3 is 5.32 Å². The first-order valence-corrected chi connectivity index (χ1v) is 7.62. The minimum Gasteiger partial charge on any atom is -0.312 e. The van der Waals surface area contributed by atoms with Crippen LogP contribution in [-0.2, 0) is 6.54 Å². The van der Waals surface area contributed by atoms with Gasteiger partial charge in [0, 0.05) is 16.6 Å². The molecule has 3 atom stereocenters. The summed E-state index contributed by atoms with van der Waals surface area (Å²) < 4.78 is 0. The smallest absolute Gasteiger partial charge is 0.0424 e. The molecule has 0 aromatic heterocycles. The second-order valence-electron chi connectivity index (χ2n) is 5.84. The van der Waals surface area contributed by atoms with Crippen molar-refractivity contribution < 1.29 is 0 Å². The zero-order valence-electron chi connectivity index (χ0n) is 10.5. The van der Waals surface area contributed by atoms with Gasteiger partial charge in [0.05, 0.1) is 0 Å². The number of benzene rings is 1. The zero-order chi connectivity index (χ0) is 12.5. The predicted molar refractivity (Wildman–Crippen MR) is 77.1 cm³/mol. The maximum atomic E-state index is 6.00. The Morgan fingerprint density at radius 2 is 1.83 bits per heavy atom. The minimum absolute atomic E-state index is 0.722. The molecule has 1 N–H and O–H groups in total. The summed E-state index contributed by atoms with van der Waals surface area (Å²) in [6, 6.07) is 5.75. The van der Waals surface area contributed by atoms with E-state index in [1.807, 2.05) is 12.1 Å². The Kier molecular flexibility index (Phi) is 3.83. The van der Waals surface area contributed by atoms with E-state index in [0.29, 0.717) is 0 Å². The van der Waals surface area contributed by atoms with E-state index in [0.717, 1.165) is 40.9 Å². The molecule has 3 heteroatoms. The molecule has 2 aliphatic carbocycles. The summed E-state index contributed by atoms with van der Waals surface area (Å²) in [5.74, 6) is 2.92. The Morgan fingerprint density at radius 1 is 1.06 bits per heavy atom. The molecular weight excluding hydrogens is 265 g/mol. The molecule has 98 valence electrons. The minimum atomic E-state index is 0.722. The largest absolute Gasteiger partial charge is 0.312 e. The Bertz CT molecular complexity index is 412. The van der Waals surface area contributed by atoms with Crippen molar-refractivity contribution in [3.63, 3.8) is 0 Å². The van der Waals surface area contributed by atoms with Crippen LogP contribution in [0.15, 0.2) is 18.2 Å². The molecule has 3 rings (SSSR count). The molecule has 0 saturated heterocycles. The van der Waals surface area contributed by atoms with Crippen LogP contribution in [0.25, 0.3) is 0 Å². The molecule has 18 heavy (non-hydrogen) atoms. The van der Waals surface area contributed by atoms with E-state index in [-0.39, 0.29) is 0 Å². The molecule has 2 bridgehead atoms. The highest BCUT2D eigenvalue weighted by Gasteiger charge is 2.38. The summed E-state index contributed by atoms with van der Waals surface area (Å²) in [4.78, 5) is 0. The Balaban J connectivity index is 1.49. The van der Waals surface area contributed by atoms with E-state index in [2.05, 4.69) is 5.32 Å². The van der Waals surface area contributed by atoms with E-state index in [4.69, 9.17) is 23.2 Å². The van der Waals surface area contributed by atoms with Crippen LogP contribution in [0.2, 0.25) is 10.0 Å². The Morgan fingerprint density at radius 3 is 2.44 bits per heavy atom. The number of rotatable bonds is 4. The average molecular weight is 284 g/mol. The van der Waals surface area contributed by atoms with Crippen LogP contribution >= 0.6 is 23.2 Å². The SMILES string of the molecule is Clc1cc(Cl)cc(CNCC2CC3CCC2C3)c1. The van der Waals surface area contributed by atoms with E-state index < -0.39 is 0 Å². The van der Waals surface area contributed by atoms with Crippen LogP contribution < -0.4 is 5.32 Å². The highest BCUT2D eigenvalue weighted by Crippen LogP contribution is 2.47. The van der Waals surface area contributed by atoms with Gasteiger partial charge in [-0.1, -0.05) is 29.6 Å². The van der Waals surface area contributed by atoms with E-state index in [1.54, 1.807) is 6.07 Å². The second kappa shape index (κ2) is 5.40. The summed E-state index contributed by atoms with van der Waals surface area (Å²) in [6.45, 7) is 2.01. The normalized spacial score (nSPS) is 30.0. The Labute approximate surface area is 119 Å². The Hall–Kier alpha value is -0.240. The molecule has 2 fully saturated rings. The van der Waals surface area contributed by atoms with Gasteiger partial charge in [0.15, 0.2) is 0 Å². The standard InChI is InChI=1S/C15H19Cl2N/c16-14-5-11(6-15(17)7-14)8-18-9-13-4-10-1-2-12(13)3-10/h5-7,10,12-13,18H,1-4,8-9H2. The number of hydrogen-bond acceptors (Lipinski definition) is 1. The van der Waals surface area contributed by atoms with Crippen molar-refractivity contribution in [3.05, 3.63) is 33.8 Å². The molecular formula is C15H19Cl2N. The van der Waals surface area contributed by atoms with Crippen LogP contribution in [0.5, 0.6) is 0 Å². The van der Waals surface area contributed by atoms with E-state index >= 15 is 0 Å². The molecule has 0 radical (unpaired) electrons. The fourth-order valence-corrected chi connectivity index (χ4v) is 4.31. The molecule has 0 spiro atoms. The van der Waals surface area contributed by atoms with Gasteiger partial charge in [-0.25, -0.2) is 0 Å². The lowest BCUT2D eigenvalue weighted by Crippen LogP contribution is -2.26. The van der Waals surface area contributed by atoms with Crippen molar-refractivity contribution in [1.82, 2.24) is 5.32 Å². The zero-order valence-corrected chi connectivity index (χ0v) is 12.0. The summed E-state index contributed by atoms with van der Waals surface area (Å²) in [5, 5.41) is 5.01. The van der Waals surface area contributed by atoms with Gasteiger partial charge in [0.1, 0.15) is 0 Å². The molecule has 2 aliphatic rings. The lowest BCUT2D eigenvalue weighted by molar-refractivity contribution is 0.318. The first-order chi connectivity index (χ1) is 8.70. The van der Waals surface area contributed by atoms with Crippen LogP contribution in [-0.4, -0.2) is 6.54 Å². The first kappa shape index (κ1) is 12.8. The van der Waals surface area contributed by atoms with Crippen molar-refractivity contribution in [2.24, 2.45) is 17.8 Å². The maximum Gasteiger partial charge on any atom is 0.0424 e. The first-order valence-electron chi connectivity index (χ1n) is 6.86. The third-order valence-electron chi connectivity index (χ3n) is 4.54. The third kappa shape index (κ3) is 2.84. The van der Waals surface area contributed by atoms with Crippen molar-refractivity contribution in [3.8, 4) is 0 Å². The van der Waals surface area contributed by atoms with Gasteiger partial charge >= 0.3 is 0 Å². The number of nitrogens with one attached hydrogen (secondary N) is 1. The highest BCUT2D eigenvalue weighted by molar-refractivity contribution is 6.34. The van der Waals surface area contributed by atoms with Crippen molar-refractivity contribution >= 4 is 23.2 Å². The van der Waals surface area contributed by atoms with E-state index in [9.17, 15) is 0 Å². The predicted octanol–water partition coefficient (Wildman–Crippen LogP) is 4.52. The third-order valence-corrected chi connectivity index (χ3v) is 4.98. The van der Waals surface area contributed by atoms with Gasteiger partial charge in [0.25, 0.3) is 0 Å². The van der Waals surface area contributed by atoms with Crippen molar-refractivity contribution in [1.29, 1.82) is 0 Å². The average Bonchev–Trinajstić information content (AvgIpc) is 2.89. The second-order valence-corrected chi connectivity index (χ2v) is 6.72. The molecule has 0 amide bonds. The van der Waals surface area contributed by atoms with Gasteiger partial charge in [-0.3, -0.25) is 0 Å². The van der Waals surface area contributed by atoms with Gasteiger partial charge in [0.2, 0.25) is 0 Å². The molecule has 1 aromatic rings. The molecule has 3 unspecified atom stereocenters. The fraction of sp³-hybridized carbons (Fsp3) is 0.600. The number of hydrogen-bond donors (Lipinski definition) is 1. The quantitative estimate of drug-likeness (QED) is 0.857. The summed E-state index contributed by atoms with van der Waals surface area (Å²) in [5.41, 5.74) is 1.18.